The van der Waals surface area contributed by atoms with Crippen molar-refractivity contribution in [2.45, 2.75) is 32.3 Å². The lowest BCUT2D eigenvalue weighted by molar-refractivity contribution is -0.115. The minimum Gasteiger partial charge on any atom is -0.376 e. The summed E-state index contributed by atoms with van der Waals surface area (Å²) in [5, 5.41) is 8.40. The summed E-state index contributed by atoms with van der Waals surface area (Å²) in [4.78, 5) is 28.2. The van der Waals surface area contributed by atoms with Gasteiger partial charge in [0.15, 0.2) is 0 Å². The molecule has 7 heteroatoms. The van der Waals surface area contributed by atoms with Crippen molar-refractivity contribution in [1.29, 1.82) is 0 Å². The molecule has 1 unspecified atom stereocenters. The predicted octanol–water partition coefficient (Wildman–Crippen LogP) is 2.87. The minimum absolute atomic E-state index is 0.108. The van der Waals surface area contributed by atoms with Gasteiger partial charge in [-0.15, -0.1) is 0 Å². The molecule has 1 saturated heterocycles. The van der Waals surface area contributed by atoms with Gasteiger partial charge >= 0.3 is 6.03 Å². The van der Waals surface area contributed by atoms with Gasteiger partial charge in [-0.3, -0.25) is 9.78 Å². The monoisotopic (exact) mass is 368 g/mol. The number of benzene rings is 1. The molecule has 2 heterocycles. The van der Waals surface area contributed by atoms with E-state index >= 15 is 0 Å². The average molecular weight is 368 g/mol. The second-order valence-electron chi connectivity index (χ2n) is 6.58. The summed E-state index contributed by atoms with van der Waals surface area (Å²) >= 11 is 0. The average Bonchev–Trinajstić information content (AvgIpc) is 3.17. The van der Waals surface area contributed by atoms with Crippen molar-refractivity contribution in [3.63, 3.8) is 0 Å². The second kappa shape index (κ2) is 9.14. The highest BCUT2D eigenvalue weighted by molar-refractivity contribution is 5.93. The molecule has 0 bridgehead atoms. The molecule has 1 atom stereocenters. The number of aromatic nitrogens is 1. The molecule has 3 N–H and O–H groups in total. The van der Waals surface area contributed by atoms with E-state index in [1.165, 1.54) is 0 Å². The van der Waals surface area contributed by atoms with Crippen LogP contribution < -0.4 is 16.0 Å². The van der Waals surface area contributed by atoms with E-state index in [4.69, 9.17) is 4.74 Å². The number of hydrogen-bond acceptors (Lipinski definition) is 4. The zero-order chi connectivity index (χ0) is 19.1. The Morgan fingerprint density at radius 2 is 1.85 bits per heavy atom. The van der Waals surface area contributed by atoms with E-state index in [2.05, 4.69) is 20.9 Å². The maximum absolute atomic E-state index is 12.1. The maximum Gasteiger partial charge on any atom is 0.319 e. The third-order valence-corrected chi connectivity index (χ3v) is 4.28. The molecule has 3 rings (SSSR count). The van der Waals surface area contributed by atoms with E-state index in [1.54, 1.807) is 30.5 Å². The van der Waals surface area contributed by atoms with Crippen LogP contribution in [0.15, 0.2) is 42.6 Å². The Morgan fingerprint density at radius 3 is 2.48 bits per heavy atom. The molecular weight excluding hydrogens is 344 g/mol. The fourth-order valence-corrected chi connectivity index (χ4v) is 2.82. The Labute approximate surface area is 158 Å². The van der Waals surface area contributed by atoms with Crippen LogP contribution in [-0.4, -0.2) is 36.2 Å². The number of carbonyl (C=O) groups is 2. The molecule has 142 valence electrons. The highest BCUT2D eigenvalue weighted by atomic mass is 16.5. The molecule has 2 aromatic rings. The first-order chi connectivity index (χ1) is 13.1. The third kappa shape index (κ3) is 6.07. The summed E-state index contributed by atoms with van der Waals surface area (Å²) in [5.41, 5.74) is 3.10. The Morgan fingerprint density at radius 1 is 1.11 bits per heavy atom. The number of nitrogens with zero attached hydrogens (tertiary/aromatic N) is 1. The van der Waals surface area contributed by atoms with Crippen LogP contribution in [0.2, 0.25) is 0 Å². The molecular formula is C20H24N4O3. The van der Waals surface area contributed by atoms with Crippen LogP contribution in [0.25, 0.3) is 0 Å². The van der Waals surface area contributed by atoms with Gasteiger partial charge in [0.1, 0.15) is 0 Å². The number of ether oxygens (including phenoxy) is 1. The van der Waals surface area contributed by atoms with E-state index in [1.807, 2.05) is 19.1 Å². The van der Waals surface area contributed by atoms with Gasteiger partial charge < -0.3 is 20.7 Å². The lowest BCUT2D eigenvalue weighted by atomic mass is 10.2. The summed E-state index contributed by atoms with van der Waals surface area (Å²) in [6.45, 7) is 3.18. The summed E-state index contributed by atoms with van der Waals surface area (Å²) < 4.78 is 5.47. The normalized spacial score (nSPS) is 16.0. The zero-order valence-corrected chi connectivity index (χ0v) is 15.3. The predicted molar refractivity (Wildman–Crippen MR) is 104 cm³/mol. The SMILES string of the molecule is Cc1ccc(CC(=O)Nc2ccc(NC(=O)NCC3CCCO3)cc2)cn1. The standard InChI is InChI=1S/C20H24N4O3/c1-14-4-5-15(12-21-14)11-19(25)23-16-6-8-17(9-7-16)24-20(26)22-13-18-3-2-10-27-18/h4-9,12,18H,2-3,10-11,13H2,1H3,(H,23,25)(H2,22,24,26). The molecule has 0 radical (unpaired) electrons. The second-order valence-corrected chi connectivity index (χ2v) is 6.58. The Hall–Kier alpha value is -2.93. The molecule has 0 aliphatic carbocycles. The third-order valence-electron chi connectivity index (χ3n) is 4.28. The molecule has 1 aromatic carbocycles. The van der Waals surface area contributed by atoms with Crippen molar-refractivity contribution in [1.82, 2.24) is 10.3 Å². The molecule has 1 aliphatic rings. The van der Waals surface area contributed by atoms with Crippen LogP contribution in [0, 0.1) is 6.92 Å². The molecule has 3 amide bonds. The van der Waals surface area contributed by atoms with Crippen LogP contribution in [-0.2, 0) is 16.0 Å². The fraction of sp³-hybridized carbons (Fsp3) is 0.350. The number of nitrogens with one attached hydrogen (secondary N) is 3. The first-order valence-electron chi connectivity index (χ1n) is 9.06. The summed E-state index contributed by atoms with van der Waals surface area (Å²) in [6.07, 6.45) is 4.10. The lowest BCUT2D eigenvalue weighted by Gasteiger charge is -2.12. The molecule has 7 nitrogen and oxygen atoms in total. The first kappa shape index (κ1) is 18.8. The Kier molecular flexibility index (Phi) is 6.38. The first-order valence-corrected chi connectivity index (χ1v) is 9.06. The van der Waals surface area contributed by atoms with Crippen molar-refractivity contribution in [3.05, 3.63) is 53.9 Å². The molecule has 0 spiro atoms. The number of anilines is 2. The fourth-order valence-electron chi connectivity index (χ4n) is 2.82. The van der Waals surface area contributed by atoms with Gasteiger partial charge in [-0.25, -0.2) is 4.79 Å². The largest absolute Gasteiger partial charge is 0.376 e. The van der Waals surface area contributed by atoms with Crippen molar-refractivity contribution in [2.24, 2.45) is 0 Å². The van der Waals surface area contributed by atoms with Crippen molar-refractivity contribution < 1.29 is 14.3 Å². The van der Waals surface area contributed by atoms with E-state index in [0.717, 1.165) is 30.7 Å². The maximum atomic E-state index is 12.1. The zero-order valence-electron chi connectivity index (χ0n) is 15.3. The number of pyridine rings is 1. The van der Waals surface area contributed by atoms with Gasteiger partial charge in [-0.1, -0.05) is 6.07 Å². The number of rotatable bonds is 6. The lowest BCUT2D eigenvalue weighted by Crippen LogP contribution is -2.35. The van der Waals surface area contributed by atoms with Crippen LogP contribution in [0.3, 0.4) is 0 Å². The number of carbonyl (C=O) groups excluding carboxylic acids is 2. The van der Waals surface area contributed by atoms with Crippen LogP contribution in [0.1, 0.15) is 24.1 Å². The number of hydrogen-bond donors (Lipinski definition) is 3. The summed E-state index contributed by atoms with van der Waals surface area (Å²) in [5.74, 6) is -0.115. The molecule has 1 aromatic heterocycles. The number of amides is 3. The van der Waals surface area contributed by atoms with Gasteiger partial charge in [0.05, 0.1) is 12.5 Å². The molecule has 1 aliphatic heterocycles. The van der Waals surface area contributed by atoms with Gasteiger partial charge in [0.2, 0.25) is 5.91 Å². The smallest absolute Gasteiger partial charge is 0.319 e. The quantitative estimate of drug-likeness (QED) is 0.731. The van der Waals surface area contributed by atoms with Gasteiger partial charge in [0.25, 0.3) is 0 Å². The van der Waals surface area contributed by atoms with Crippen LogP contribution in [0.4, 0.5) is 16.2 Å². The van der Waals surface area contributed by atoms with E-state index in [9.17, 15) is 9.59 Å². The van der Waals surface area contributed by atoms with E-state index in [-0.39, 0.29) is 24.5 Å². The highest BCUT2D eigenvalue weighted by Crippen LogP contribution is 2.14. The molecule has 0 saturated carbocycles. The van der Waals surface area contributed by atoms with Crippen molar-refractivity contribution in [2.75, 3.05) is 23.8 Å². The van der Waals surface area contributed by atoms with Crippen molar-refractivity contribution >= 4 is 23.3 Å². The molecule has 1 fully saturated rings. The number of aryl methyl sites for hydroxylation is 1. The van der Waals surface area contributed by atoms with Gasteiger partial charge in [-0.2, -0.15) is 0 Å². The van der Waals surface area contributed by atoms with Crippen LogP contribution in [0.5, 0.6) is 0 Å². The molecule has 27 heavy (non-hydrogen) atoms. The van der Waals surface area contributed by atoms with E-state index < -0.39 is 0 Å². The van der Waals surface area contributed by atoms with Crippen molar-refractivity contribution in [3.8, 4) is 0 Å². The number of urea groups is 1. The Balaban J connectivity index is 1.44. The van der Waals surface area contributed by atoms with Gasteiger partial charge in [-0.05, 0) is 55.7 Å². The topological polar surface area (TPSA) is 92.4 Å². The van der Waals surface area contributed by atoms with Gasteiger partial charge in [0, 0.05) is 36.4 Å². The Bertz CT molecular complexity index is 769. The van der Waals surface area contributed by atoms with Crippen LogP contribution >= 0.6 is 0 Å². The summed E-state index contributed by atoms with van der Waals surface area (Å²) in [6, 6.07) is 10.5. The minimum atomic E-state index is -0.269. The highest BCUT2D eigenvalue weighted by Gasteiger charge is 2.16. The summed E-state index contributed by atoms with van der Waals surface area (Å²) in [7, 11) is 0. The van der Waals surface area contributed by atoms with E-state index in [0.29, 0.717) is 17.9 Å².